The fourth-order valence-electron chi connectivity index (χ4n) is 4.30. The Morgan fingerprint density at radius 3 is 1.79 bits per heavy atom. The lowest BCUT2D eigenvalue weighted by Crippen LogP contribution is -2.46. The minimum atomic E-state index is -5.08. The molecule has 4 aromatic rings. The number of carbonyl (C=O) groups is 3. The van der Waals surface area contributed by atoms with Crippen LogP contribution in [0.25, 0.3) is 16.9 Å². The summed E-state index contributed by atoms with van der Waals surface area (Å²) in [6, 6.07) is 20.8. The molecule has 1 fully saturated rings. The van der Waals surface area contributed by atoms with Crippen molar-refractivity contribution >= 4 is 23.6 Å². The van der Waals surface area contributed by atoms with E-state index >= 15 is 0 Å². The molecule has 1 saturated heterocycles. The van der Waals surface area contributed by atoms with E-state index in [1.807, 2.05) is 24.4 Å². The highest BCUT2D eigenvalue weighted by Gasteiger charge is 2.39. The molecule has 5 rings (SSSR count). The van der Waals surface area contributed by atoms with Crippen LogP contribution in [0.4, 0.5) is 39.5 Å². The number of halogens is 9. The van der Waals surface area contributed by atoms with Gasteiger partial charge in [0, 0.05) is 38.6 Å². The van der Waals surface area contributed by atoms with Gasteiger partial charge in [0.15, 0.2) is 0 Å². The number of likely N-dealkylation sites (N-methyl/N-ethyl adjacent to an activating group) is 1. The molecule has 1 aliphatic heterocycles. The van der Waals surface area contributed by atoms with Gasteiger partial charge in [0.05, 0.1) is 30.2 Å². The molecule has 3 N–H and O–H groups in total. The zero-order valence-corrected chi connectivity index (χ0v) is 26.9. The van der Waals surface area contributed by atoms with Crippen LogP contribution in [0.2, 0.25) is 0 Å². The molecule has 0 radical (unpaired) electrons. The quantitative estimate of drug-likeness (QED) is 0.212. The third-order valence-electron chi connectivity index (χ3n) is 6.81. The van der Waals surface area contributed by atoms with Gasteiger partial charge in [-0.25, -0.2) is 19.4 Å². The van der Waals surface area contributed by atoms with E-state index in [1.54, 1.807) is 7.11 Å². The van der Waals surface area contributed by atoms with E-state index in [0.717, 1.165) is 60.2 Å². The minimum Gasteiger partial charge on any atom is -0.497 e. The Morgan fingerprint density at radius 1 is 0.788 bits per heavy atom. The first kappa shape index (κ1) is 42.7. The van der Waals surface area contributed by atoms with Crippen LogP contribution < -0.4 is 4.74 Å². The van der Waals surface area contributed by atoms with Crippen molar-refractivity contribution in [2.24, 2.45) is 0 Å². The van der Waals surface area contributed by atoms with Crippen molar-refractivity contribution in [3.63, 3.8) is 0 Å². The van der Waals surface area contributed by atoms with E-state index in [9.17, 15) is 39.5 Å². The molecule has 0 aliphatic carbocycles. The maximum absolute atomic E-state index is 10.6. The number of hydrogen-bond acceptors (Lipinski definition) is 8. The average molecular weight is 756 g/mol. The van der Waals surface area contributed by atoms with E-state index in [0.29, 0.717) is 0 Å². The zero-order chi connectivity index (χ0) is 39.4. The molecule has 0 bridgehead atoms. The number of alkyl halides is 9. The molecule has 52 heavy (non-hydrogen) atoms. The number of nitrogens with zero attached hydrogens (tertiary/aromatic N) is 5. The van der Waals surface area contributed by atoms with Crippen molar-refractivity contribution in [1.29, 1.82) is 0 Å². The summed E-state index contributed by atoms with van der Waals surface area (Å²) in [7, 11) is 3.88. The van der Waals surface area contributed by atoms with Gasteiger partial charge in [-0.15, -0.1) is 0 Å². The van der Waals surface area contributed by atoms with Crippen molar-refractivity contribution in [2.75, 3.05) is 33.8 Å². The summed E-state index contributed by atoms with van der Waals surface area (Å²) in [5.74, 6) is -7.41. The maximum atomic E-state index is 10.6. The van der Waals surface area contributed by atoms with Crippen LogP contribution in [0.1, 0.15) is 17.4 Å². The molecule has 0 spiro atoms. The van der Waals surface area contributed by atoms with Crippen LogP contribution in [-0.2, 0) is 20.9 Å². The fraction of sp³-hybridized carbons (Fsp3) is 0.323. The van der Waals surface area contributed by atoms with Crippen LogP contribution in [0, 0.1) is 0 Å². The van der Waals surface area contributed by atoms with Gasteiger partial charge in [-0.3, -0.25) is 19.2 Å². The summed E-state index contributed by atoms with van der Waals surface area (Å²) in [4.78, 5) is 41.1. The summed E-state index contributed by atoms with van der Waals surface area (Å²) in [5, 5.41) is 21.4. The third-order valence-corrected chi connectivity index (χ3v) is 6.81. The Bertz CT molecular complexity index is 1710. The first-order chi connectivity index (χ1) is 24.0. The largest absolute Gasteiger partial charge is 0.497 e. The van der Waals surface area contributed by atoms with Crippen molar-refractivity contribution in [3.05, 3.63) is 84.4 Å². The van der Waals surface area contributed by atoms with Crippen LogP contribution in [0.5, 0.6) is 5.75 Å². The summed E-state index contributed by atoms with van der Waals surface area (Å²) in [6.45, 7) is 3.86. The molecule has 0 amide bonds. The molecule has 1 atom stereocenters. The highest BCUT2D eigenvalue weighted by molar-refractivity contribution is 5.73. The molecular formula is C31H30F9N5O7. The number of pyridine rings is 2. The van der Waals surface area contributed by atoms with Crippen molar-refractivity contribution in [3.8, 4) is 17.0 Å². The first-order valence-corrected chi connectivity index (χ1v) is 14.4. The van der Waals surface area contributed by atoms with Crippen LogP contribution in [-0.4, -0.2) is 110 Å². The van der Waals surface area contributed by atoms with Crippen molar-refractivity contribution in [2.45, 2.75) is 31.1 Å². The smallest absolute Gasteiger partial charge is 0.490 e. The monoisotopic (exact) mass is 755 g/mol. The third kappa shape index (κ3) is 13.4. The Labute approximate surface area is 288 Å². The molecular weight excluding hydrogens is 725 g/mol. The highest BCUT2D eigenvalue weighted by atomic mass is 19.4. The van der Waals surface area contributed by atoms with E-state index in [4.69, 9.17) is 39.4 Å². The van der Waals surface area contributed by atoms with Gasteiger partial charge < -0.3 is 20.1 Å². The highest BCUT2D eigenvalue weighted by Crippen LogP contribution is 2.28. The Balaban J connectivity index is 0.000000365. The summed E-state index contributed by atoms with van der Waals surface area (Å²) in [6.07, 6.45) is -11.2. The summed E-state index contributed by atoms with van der Waals surface area (Å²) in [5.41, 5.74) is 5.46. The molecule has 21 heteroatoms. The Morgan fingerprint density at radius 2 is 1.33 bits per heavy atom. The summed E-state index contributed by atoms with van der Waals surface area (Å²) >= 11 is 0. The zero-order valence-electron chi connectivity index (χ0n) is 26.9. The van der Waals surface area contributed by atoms with Gasteiger partial charge in [0.2, 0.25) is 0 Å². The van der Waals surface area contributed by atoms with Crippen LogP contribution >= 0.6 is 0 Å². The van der Waals surface area contributed by atoms with Gasteiger partial charge in [-0.05, 0) is 61.1 Å². The molecule has 0 saturated carbocycles. The normalized spacial score (nSPS) is 15.2. The number of methoxy groups -OCH3 is 1. The number of imidazole rings is 1. The predicted octanol–water partition coefficient (Wildman–Crippen LogP) is 5.79. The lowest BCUT2D eigenvalue weighted by Gasteiger charge is -2.38. The number of fused-ring (bicyclic) bond motifs is 1. The van der Waals surface area contributed by atoms with Gasteiger partial charge in [-0.1, -0.05) is 12.1 Å². The standard InChI is InChI=1S/C25H27N5O.3C2HF3O2/c1-28-14-15-29(16-20-6-3-4-13-26-20)18-24(28)22-17-30-23(7-5-8-25(30)27-22)19-9-11-21(31-2)12-10-19;3*3-2(4,5)1(6)7/h3-13,17,24H,14-16,18H2,1-2H3;3*(H,6,7). The maximum Gasteiger partial charge on any atom is 0.490 e. The summed E-state index contributed by atoms with van der Waals surface area (Å²) < 4.78 is 103. The predicted molar refractivity (Wildman–Crippen MR) is 163 cm³/mol. The number of hydrogen-bond donors (Lipinski definition) is 3. The first-order valence-electron chi connectivity index (χ1n) is 14.4. The lowest BCUT2D eigenvalue weighted by atomic mass is 10.1. The molecule has 1 aromatic carbocycles. The van der Waals surface area contributed by atoms with Crippen LogP contribution in [0.15, 0.2) is 73.1 Å². The average Bonchev–Trinajstić information content (AvgIpc) is 3.50. The number of aromatic nitrogens is 3. The molecule has 284 valence electrons. The van der Waals surface area contributed by atoms with Crippen LogP contribution in [0.3, 0.4) is 0 Å². The molecule has 1 aliphatic rings. The second-order valence-corrected chi connectivity index (χ2v) is 10.5. The number of rotatable bonds is 5. The van der Waals surface area contributed by atoms with E-state index < -0.39 is 36.4 Å². The van der Waals surface area contributed by atoms with E-state index in [1.165, 1.54) is 0 Å². The fourth-order valence-corrected chi connectivity index (χ4v) is 4.30. The topological polar surface area (TPSA) is 158 Å². The SMILES string of the molecule is COc1ccc(-c2cccc3nc(C4CN(Cc5ccccn5)CCN4C)cn23)cc1.O=C(O)C(F)(F)F.O=C(O)C(F)(F)F.O=C(O)C(F)(F)F. The number of piperazine rings is 1. The van der Waals surface area contributed by atoms with Gasteiger partial charge in [0.25, 0.3) is 0 Å². The number of carboxylic acids is 3. The lowest BCUT2D eigenvalue weighted by molar-refractivity contribution is -0.193. The molecule has 3 aromatic heterocycles. The molecule has 4 heterocycles. The second-order valence-electron chi connectivity index (χ2n) is 10.5. The number of aliphatic carboxylic acids is 3. The van der Waals surface area contributed by atoms with E-state index in [-0.39, 0.29) is 6.04 Å². The second kappa shape index (κ2) is 18.2. The number of carboxylic acid groups (broad SMARTS) is 3. The van der Waals surface area contributed by atoms with Gasteiger partial charge in [-0.2, -0.15) is 39.5 Å². The minimum absolute atomic E-state index is 0.251. The Kier molecular flexibility index (Phi) is 14.9. The van der Waals surface area contributed by atoms with Gasteiger partial charge in [0.1, 0.15) is 11.4 Å². The Hall–Kier alpha value is -5.44. The van der Waals surface area contributed by atoms with Crippen molar-refractivity contribution in [1.82, 2.24) is 24.2 Å². The van der Waals surface area contributed by atoms with Crippen molar-refractivity contribution < 1.29 is 74.0 Å². The molecule has 1 unspecified atom stereocenters. The number of benzene rings is 1. The van der Waals surface area contributed by atoms with E-state index in [2.05, 4.69) is 74.9 Å². The number of ether oxygens (including phenoxy) is 1. The van der Waals surface area contributed by atoms with Gasteiger partial charge >= 0.3 is 36.4 Å². The molecule has 12 nitrogen and oxygen atoms in total.